The number of nitrogens with zero attached hydrogens (tertiary/aromatic N) is 5. The first-order valence-corrected chi connectivity index (χ1v) is 14.3. The number of nitrogens with one attached hydrogen (secondary N) is 1. The minimum Gasteiger partial charge on any atom is -0.414 e. The number of alkyl halides is 1. The van der Waals surface area contributed by atoms with Gasteiger partial charge in [-0.05, 0) is 18.1 Å². The Labute approximate surface area is 196 Å². The predicted molar refractivity (Wildman–Crippen MR) is 131 cm³/mol. The zero-order valence-electron chi connectivity index (χ0n) is 19.0. The zero-order chi connectivity index (χ0) is 23.1. The third-order valence-corrected chi connectivity index (χ3v) is 11.8. The summed E-state index contributed by atoms with van der Waals surface area (Å²) in [6, 6.07) is 0. The van der Waals surface area contributed by atoms with Crippen LogP contribution in [-0.2, 0) is 9.16 Å². The second kappa shape index (κ2) is 8.88. The van der Waals surface area contributed by atoms with Crippen molar-refractivity contribution in [3.8, 4) is 0 Å². The maximum Gasteiger partial charge on any atom is 0.280 e. The monoisotopic (exact) mass is 562 g/mol. The number of imidazole rings is 1. The van der Waals surface area contributed by atoms with Crippen molar-refractivity contribution >= 4 is 54.4 Å². The summed E-state index contributed by atoms with van der Waals surface area (Å²) < 4.78 is 13.9. The van der Waals surface area contributed by atoms with Crippen molar-refractivity contribution in [2.45, 2.75) is 61.3 Å². The van der Waals surface area contributed by atoms with Crippen LogP contribution in [0.15, 0.2) is 16.1 Å². The number of aliphatic imine (C=N–C) groups is 1. The third-order valence-electron chi connectivity index (χ3n) is 5.81. The molecule has 2 N–H and O–H groups in total. The zero-order valence-corrected chi connectivity index (χ0v) is 22.1. The van der Waals surface area contributed by atoms with Gasteiger partial charge in [0.05, 0.1) is 29.3 Å². The van der Waals surface area contributed by atoms with Gasteiger partial charge in [-0.25, -0.2) is 9.98 Å². The van der Waals surface area contributed by atoms with Crippen molar-refractivity contribution in [1.29, 1.82) is 0 Å². The molecular weight excluding hydrogens is 531 g/mol. The Kier molecular flexibility index (Phi) is 6.96. The Morgan fingerprint density at radius 2 is 2.13 bits per heavy atom. The number of ether oxygens (including phenoxy) is 1. The first kappa shape index (κ1) is 24.3. The highest BCUT2D eigenvalue weighted by molar-refractivity contribution is 14.1. The molecule has 10 nitrogen and oxygen atoms in total. The summed E-state index contributed by atoms with van der Waals surface area (Å²) in [6.45, 7) is 11.3. The third kappa shape index (κ3) is 5.02. The van der Waals surface area contributed by atoms with Gasteiger partial charge in [0.25, 0.3) is 5.56 Å². The van der Waals surface area contributed by atoms with Gasteiger partial charge in [0.15, 0.2) is 25.7 Å². The van der Waals surface area contributed by atoms with Gasteiger partial charge < -0.3 is 19.2 Å². The van der Waals surface area contributed by atoms with Gasteiger partial charge in [0.2, 0.25) is 5.95 Å². The molecule has 172 valence electrons. The predicted octanol–water partition coefficient (Wildman–Crippen LogP) is 2.42. The Balaban J connectivity index is 1.86. The molecule has 1 aliphatic heterocycles. The maximum atomic E-state index is 12.4. The van der Waals surface area contributed by atoms with E-state index in [2.05, 4.69) is 76.4 Å². The van der Waals surface area contributed by atoms with Crippen molar-refractivity contribution in [2.24, 2.45) is 4.99 Å². The molecule has 31 heavy (non-hydrogen) atoms. The summed E-state index contributed by atoms with van der Waals surface area (Å²) in [5.41, 5.74) is 0.0878. The van der Waals surface area contributed by atoms with Crippen LogP contribution in [0.3, 0.4) is 0 Å². The fourth-order valence-corrected chi connectivity index (χ4v) is 4.66. The van der Waals surface area contributed by atoms with Crippen LogP contribution >= 0.6 is 22.6 Å². The number of H-pyrrole nitrogens is 1. The number of fused-ring (bicyclic) bond motifs is 1. The normalized spacial score (nSPS) is 25.1. The minimum atomic E-state index is -1.95. The van der Waals surface area contributed by atoms with Crippen molar-refractivity contribution in [3.05, 3.63) is 16.7 Å². The number of aromatic amines is 1. The lowest BCUT2D eigenvalue weighted by Crippen LogP contribution is -2.43. The van der Waals surface area contributed by atoms with E-state index in [1.165, 1.54) is 6.33 Å². The van der Waals surface area contributed by atoms with Gasteiger partial charge in [0.1, 0.15) is 6.10 Å². The van der Waals surface area contributed by atoms with Gasteiger partial charge in [-0.15, -0.1) is 0 Å². The molecule has 2 aromatic heterocycles. The summed E-state index contributed by atoms with van der Waals surface area (Å²) in [5, 5.41) is 11.0. The van der Waals surface area contributed by atoms with Crippen LogP contribution in [0.5, 0.6) is 0 Å². The van der Waals surface area contributed by atoms with Crippen molar-refractivity contribution in [1.82, 2.24) is 24.4 Å². The highest BCUT2D eigenvalue weighted by Gasteiger charge is 2.46. The molecule has 3 rings (SSSR count). The summed E-state index contributed by atoms with van der Waals surface area (Å²) >= 11 is 2.20. The molecule has 0 aliphatic carbocycles. The molecule has 0 aromatic carbocycles. The van der Waals surface area contributed by atoms with Crippen LogP contribution in [0.25, 0.3) is 11.2 Å². The van der Waals surface area contributed by atoms with Gasteiger partial charge >= 0.3 is 0 Å². The molecule has 1 fully saturated rings. The van der Waals surface area contributed by atoms with E-state index in [1.807, 2.05) is 14.1 Å². The van der Waals surface area contributed by atoms with E-state index >= 15 is 0 Å². The number of rotatable bonds is 6. The standard InChI is InChI=1S/C19H31IN6O4Si/c1-19(2,3)31(6,7)29-8-11-12(20)14(27)17(30-11)26-10-21-13-15(26)23-18(24-16(13)28)22-9-25(4)5/h9-12,14,17,27H,8H2,1-7H3,(H,23,24,28)/b22-9+/t11-,12+,14-,17-/m1/s1. The summed E-state index contributed by atoms with van der Waals surface area (Å²) in [5.74, 6) is 0.157. The minimum absolute atomic E-state index is 0.0827. The van der Waals surface area contributed by atoms with E-state index in [0.717, 1.165) is 0 Å². The SMILES string of the molecule is CN(C)/C=N/c1nc2c(ncn2[C@@H]2O[C@H](CO[Si](C)(C)C(C)(C)C)[C@H](I)[C@H]2O)c(=O)[nH]1. The van der Waals surface area contributed by atoms with Crippen LogP contribution in [0.4, 0.5) is 5.95 Å². The lowest BCUT2D eigenvalue weighted by Gasteiger charge is -2.37. The molecule has 3 heterocycles. The summed E-state index contributed by atoms with van der Waals surface area (Å²) in [7, 11) is 1.69. The molecule has 0 radical (unpaired) electrons. The topological polar surface area (TPSA) is 118 Å². The molecule has 4 atom stereocenters. The van der Waals surface area contributed by atoms with Crippen LogP contribution in [0, 0.1) is 0 Å². The quantitative estimate of drug-likeness (QED) is 0.183. The van der Waals surface area contributed by atoms with E-state index in [4.69, 9.17) is 9.16 Å². The highest BCUT2D eigenvalue weighted by atomic mass is 127. The molecule has 0 amide bonds. The van der Waals surface area contributed by atoms with Gasteiger partial charge in [0, 0.05) is 14.1 Å². The largest absolute Gasteiger partial charge is 0.414 e. The summed E-state index contributed by atoms with van der Waals surface area (Å²) in [6.07, 6.45) is 1.20. The Hall–Kier alpha value is -1.35. The Morgan fingerprint density at radius 1 is 1.45 bits per heavy atom. The van der Waals surface area contributed by atoms with Crippen molar-refractivity contribution < 1.29 is 14.3 Å². The number of aliphatic hydroxyl groups is 1. The molecule has 0 unspecified atom stereocenters. The van der Waals surface area contributed by atoms with Gasteiger partial charge in [-0.1, -0.05) is 43.4 Å². The average Bonchev–Trinajstić information content (AvgIpc) is 3.20. The molecule has 0 saturated carbocycles. The van der Waals surface area contributed by atoms with Gasteiger partial charge in [-0.2, -0.15) is 4.98 Å². The second-order valence-corrected chi connectivity index (χ2v) is 15.7. The molecule has 0 bridgehead atoms. The number of hydrogen-bond donors (Lipinski definition) is 2. The smallest absolute Gasteiger partial charge is 0.280 e. The van der Waals surface area contributed by atoms with E-state index in [9.17, 15) is 9.90 Å². The van der Waals surface area contributed by atoms with E-state index in [-0.39, 0.29) is 26.5 Å². The van der Waals surface area contributed by atoms with Crippen LogP contribution in [0.2, 0.25) is 18.1 Å². The number of aromatic nitrogens is 4. The lowest BCUT2D eigenvalue weighted by molar-refractivity contribution is -0.0470. The fraction of sp³-hybridized carbons (Fsp3) is 0.684. The average molecular weight is 562 g/mol. The number of halogens is 1. The molecule has 1 aliphatic rings. The van der Waals surface area contributed by atoms with Crippen LogP contribution in [0.1, 0.15) is 27.0 Å². The number of hydrogen-bond acceptors (Lipinski definition) is 7. The number of aliphatic hydroxyl groups excluding tert-OH is 1. The second-order valence-electron chi connectivity index (χ2n) is 9.49. The molecule has 0 spiro atoms. The van der Waals surface area contributed by atoms with Crippen LogP contribution in [-0.4, -0.2) is 81.0 Å². The van der Waals surface area contributed by atoms with Gasteiger partial charge in [-0.3, -0.25) is 14.3 Å². The fourth-order valence-electron chi connectivity index (χ4n) is 2.91. The summed E-state index contributed by atoms with van der Waals surface area (Å²) in [4.78, 5) is 29.5. The Morgan fingerprint density at radius 3 is 2.74 bits per heavy atom. The molecule has 12 heteroatoms. The maximum absolute atomic E-state index is 12.4. The van der Waals surface area contributed by atoms with E-state index < -0.39 is 26.2 Å². The Bertz CT molecular complexity index is 1010. The molecule has 2 aromatic rings. The van der Waals surface area contributed by atoms with E-state index in [1.54, 1.807) is 15.8 Å². The van der Waals surface area contributed by atoms with Crippen molar-refractivity contribution in [3.63, 3.8) is 0 Å². The van der Waals surface area contributed by atoms with Crippen LogP contribution < -0.4 is 5.56 Å². The first-order valence-electron chi connectivity index (χ1n) is 10.1. The lowest BCUT2D eigenvalue weighted by atomic mass is 10.2. The van der Waals surface area contributed by atoms with E-state index in [0.29, 0.717) is 12.3 Å². The first-order chi connectivity index (χ1) is 14.3. The molecular formula is C19H31IN6O4Si. The van der Waals surface area contributed by atoms with Crippen molar-refractivity contribution in [2.75, 3.05) is 20.7 Å². The molecule has 1 saturated heterocycles. The highest BCUT2D eigenvalue weighted by Crippen LogP contribution is 2.39.